The summed E-state index contributed by atoms with van der Waals surface area (Å²) in [6, 6.07) is 11.8. The van der Waals surface area contributed by atoms with E-state index in [1.165, 1.54) is 38.5 Å². The smallest absolute Gasteiger partial charge is 0.300 e. The molecular weight excluding hydrogens is 448 g/mol. The quantitative estimate of drug-likeness (QED) is 0.330. The van der Waals surface area contributed by atoms with Crippen molar-refractivity contribution in [1.29, 1.82) is 0 Å². The number of hydrogen-bond donors (Lipinski definition) is 2. The van der Waals surface area contributed by atoms with Gasteiger partial charge in [0, 0.05) is 11.8 Å². The molecule has 4 rings (SSSR count). The topological polar surface area (TPSA) is 96.3 Å². The molecule has 0 bridgehead atoms. The number of ether oxygens (including phenoxy) is 2. The van der Waals surface area contributed by atoms with Gasteiger partial charge in [0.05, 0.1) is 25.8 Å². The van der Waals surface area contributed by atoms with E-state index < -0.39 is 35.1 Å². The maximum absolute atomic E-state index is 14.0. The molecular formula is C25H19F2NO6. The van der Waals surface area contributed by atoms with E-state index in [-0.39, 0.29) is 34.1 Å². The minimum Gasteiger partial charge on any atom is -0.508 e. The third-order valence-electron chi connectivity index (χ3n) is 5.50. The largest absolute Gasteiger partial charge is 0.508 e. The van der Waals surface area contributed by atoms with Crippen LogP contribution in [-0.2, 0) is 9.59 Å². The molecule has 1 aliphatic heterocycles. The first kappa shape index (κ1) is 22.8. The fourth-order valence-electron chi connectivity index (χ4n) is 3.93. The molecule has 0 aromatic heterocycles. The summed E-state index contributed by atoms with van der Waals surface area (Å²) in [5.74, 6) is -4.72. The number of methoxy groups -OCH3 is 2. The lowest BCUT2D eigenvalue weighted by atomic mass is 9.94. The lowest BCUT2D eigenvalue weighted by Gasteiger charge is -2.26. The van der Waals surface area contributed by atoms with Gasteiger partial charge >= 0.3 is 0 Å². The number of amides is 1. The lowest BCUT2D eigenvalue weighted by molar-refractivity contribution is -0.132. The molecule has 3 aromatic carbocycles. The molecule has 1 atom stereocenters. The third-order valence-corrected chi connectivity index (χ3v) is 5.50. The number of anilines is 1. The van der Waals surface area contributed by atoms with Crippen LogP contribution in [0.5, 0.6) is 17.2 Å². The average Bonchev–Trinajstić information content (AvgIpc) is 3.10. The van der Waals surface area contributed by atoms with Gasteiger partial charge in [-0.1, -0.05) is 18.2 Å². The number of aliphatic hydroxyl groups is 1. The molecule has 3 aromatic rings. The predicted octanol–water partition coefficient (Wildman–Crippen LogP) is 4.31. The van der Waals surface area contributed by atoms with E-state index in [9.17, 15) is 28.6 Å². The summed E-state index contributed by atoms with van der Waals surface area (Å²) in [5.41, 5.74) is -0.0370. The zero-order valence-corrected chi connectivity index (χ0v) is 18.1. The molecule has 1 amide bonds. The van der Waals surface area contributed by atoms with Crippen LogP contribution in [0.4, 0.5) is 14.5 Å². The van der Waals surface area contributed by atoms with Gasteiger partial charge in [0.1, 0.15) is 28.6 Å². The number of aliphatic hydroxyl groups excluding tert-OH is 1. The zero-order valence-electron chi connectivity index (χ0n) is 18.1. The first-order chi connectivity index (χ1) is 16.3. The molecule has 1 fully saturated rings. The normalized spacial score (nSPS) is 17.2. The highest BCUT2D eigenvalue weighted by Gasteiger charge is 2.47. The Morgan fingerprint density at radius 2 is 1.53 bits per heavy atom. The van der Waals surface area contributed by atoms with Gasteiger partial charge in [-0.3, -0.25) is 14.5 Å². The fourth-order valence-corrected chi connectivity index (χ4v) is 3.93. The Balaban J connectivity index is 2.01. The number of hydrogen-bond acceptors (Lipinski definition) is 6. The number of rotatable bonds is 5. The highest BCUT2D eigenvalue weighted by atomic mass is 19.2. The van der Waals surface area contributed by atoms with Crippen molar-refractivity contribution < 1.29 is 38.1 Å². The molecule has 2 N–H and O–H groups in total. The van der Waals surface area contributed by atoms with Crippen LogP contribution < -0.4 is 14.4 Å². The van der Waals surface area contributed by atoms with Crippen LogP contribution in [0.2, 0.25) is 0 Å². The van der Waals surface area contributed by atoms with Crippen molar-refractivity contribution >= 4 is 23.1 Å². The van der Waals surface area contributed by atoms with Crippen molar-refractivity contribution in [2.45, 2.75) is 6.04 Å². The Morgan fingerprint density at radius 1 is 0.912 bits per heavy atom. The predicted molar refractivity (Wildman–Crippen MR) is 119 cm³/mol. The molecule has 174 valence electrons. The number of nitrogens with zero attached hydrogens (tertiary/aromatic N) is 1. The number of aromatic hydroxyl groups is 1. The molecule has 7 nitrogen and oxygen atoms in total. The summed E-state index contributed by atoms with van der Waals surface area (Å²) in [5, 5.41) is 21.0. The van der Waals surface area contributed by atoms with E-state index in [4.69, 9.17) is 9.47 Å². The van der Waals surface area contributed by atoms with E-state index >= 15 is 0 Å². The van der Waals surface area contributed by atoms with E-state index in [2.05, 4.69) is 0 Å². The Bertz CT molecular complexity index is 1300. The van der Waals surface area contributed by atoms with Crippen LogP contribution in [0.25, 0.3) is 5.76 Å². The molecule has 34 heavy (non-hydrogen) atoms. The second-order valence-corrected chi connectivity index (χ2v) is 7.40. The monoisotopic (exact) mass is 467 g/mol. The van der Waals surface area contributed by atoms with E-state index in [1.807, 2.05) is 0 Å². The molecule has 1 unspecified atom stereocenters. The molecule has 0 saturated carbocycles. The van der Waals surface area contributed by atoms with Gasteiger partial charge < -0.3 is 19.7 Å². The third kappa shape index (κ3) is 3.71. The second-order valence-electron chi connectivity index (χ2n) is 7.40. The van der Waals surface area contributed by atoms with Gasteiger partial charge in [-0.25, -0.2) is 8.78 Å². The maximum atomic E-state index is 14.0. The first-order valence-electron chi connectivity index (χ1n) is 10.0. The number of ketones is 1. The van der Waals surface area contributed by atoms with Gasteiger partial charge in [0.25, 0.3) is 11.7 Å². The summed E-state index contributed by atoms with van der Waals surface area (Å²) in [6.45, 7) is 0. The number of Topliss-reactive ketones (excluding diaryl/α,β-unsaturated/α-hetero) is 1. The van der Waals surface area contributed by atoms with Crippen molar-refractivity contribution in [2.24, 2.45) is 0 Å². The van der Waals surface area contributed by atoms with Crippen LogP contribution in [0.1, 0.15) is 17.2 Å². The van der Waals surface area contributed by atoms with E-state index in [0.717, 1.165) is 23.1 Å². The number of phenols is 1. The Labute approximate surface area is 193 Å². The van der Waals surface area contributed by atoms with Crippen LogP contribution in [0, 0.1) is 11.6 Å². The highest BCUT2D eigenvalue weighted by molar-refractivity contribution is 6.51. The molecule has 1 heterocycles. The zero-order chi connectivity index (χ0) is 24.6. The average molecular weight is 467 g/mol. The van der Waals surface area contributed by atoms with Crippen LogP contribution in [0.15, 0.2) is 66.2 Å². The van der Waals surface area contributed by atoms with Crippen molar-refractivity contribution in [1.82, 2.24) is 0 Å². The molecule has 0 spiro atoms. The SMILES string of the molecule is COc1cccc(OC)c1/C(O)=C1\C(=O)C(=O)N(c2ccc(F)c(F)c2)C1c1ccc(O)cc1. The minimum atomic E-state index is -1.22. The number of carbonyl (C=O) groups is 2. The van der Waals surface area contributed by atoms with Crippen molar-refractivity contribution in [3.05, 3.63) is 89.0 Å². The molecule has 9 heteroatoms. The van der Waals surface area contributed by atoms with E-state index in [1.54, 1.807) is 18.2 Å². The Morgan fingerprint density at radius 3 is 2.09 bits per heavy atom. The summed E-state index contributed by atoms with van der Waals surface area (Å²) >= 11 is 0. The van der Waals surface area contributed by atoms with Gasteiger partial charge in [0.15, 0.2) is 11.6 Å². The van der Waals surface area contributed by atoms with Gasteiger partial charge in [0.2, 0.25) is 0 Å². The lowest BCUT2D eigenvalue weighted by Crippen LogP contribution is -2.29. The highest BCUT2D eigenvalue weighted by Crippen LogP contribution is 2.45. The van der Waals surface area contributed by atoms with Gasteiger partial charge in [-0.15, -0.1) is 0 Å². The number of halogens is 2. The van der Waals surface area contributed by atoms with E-state index in [0.29, 0.717) is 5.56 Å². The standard InChI is InChI=1S/C25H19F2NO6/c1-33-18-4-3-5-19(34-2)20(18)23(30)21-22(13-6-9-15(29)10-7-13)28(25(32)24(21)31)14-8-11-16(26)17(27)12-14/h3-12,22,29-30H,1-2H3/b23-21+. The van der Waals surface area contributed by atoms with Crippen LogP contribution in [-0.4, -0.2) is 36.1 Å². The molecule has 0 radical (unpaired) electrons. The minimum absolute atomic E-state index is 0.0413. The fraction of sp³-hybridized carbons (Fsp3) is 0.120. The second kappa shape index (κ2) is 8.86. The maximum Gasteiger partial charge on any atom is 0.300 e. The summed E-state index contributed by atoms with van der Waals surface area (Å²) in [7, 11) is 2.73. The number of phenolic OH excluding ortho intramolecular Hbond substituents is 1. The van der Waals surface area contributed by atoms with Gasteiger partial charge in [-0.05, 0) is 42.0 Å². The van der Waals surface area contributed by atoms with Crippen molar-refractivity contribution in [3.63, 3.8) is 0 Å². The molecule has 0 aliphatic carbocycles. The molecule has 1 aliphatic rings. The van der Waals surface area contributed by atoms with Crippen LogP contribution in [0.3, 0.4) is 0 Å². The van der Waals surface area contributed by atoms with Crippen LogP contribution >= 0.6 is 0 Å². The summed E-state index contributed by atoms with van der Waals surface area (Å²) in [6.07, 6.45) is 0. The number of benzene rings is 3. The van der Waals surface area contributed by atoms with Crippen molar-refractivity contribution in [2.75, 3.05) is 19.1 Å². The summed E-state index contributed by atoms with van der Waals surface area (Å²) < 4.78 is 38.2. The van der Waals surface area contributed by atoms with Gasteiger partial charge in [-0.2, -0.15) is 0 Å². The number of carbonyl (C=O) groups excluding carboxylic acids is 2. The first-order valence-corrected chi connectivity index (χ1v) is 10.0. The Kier molecular flexibility index (Phi) is 5.93. The summed E-state index contributed by atoms with van der Waals surface area (Å²) in [4.78, 5) is 27.3. The molecule has 1 saturated heterocycles. The Hall–Kier alpha value is -4.40. The van der Waals surface area contributed by atoms with Crippen molar-refractivity contribution in [3.8, 4) is 17.2 Å².